The molecule has 3 nitrogen and oxygen atoms in total. The van der Waals surface area contributed by atoms with Gasteiger partial charge in [0.05, 0.1) is 0 Å². The standard InChI is InChI=1S/C15H27N3S/c1-3-9-16-14(13-7-5-4-6-8-13)12-19-15-17-10-11-18(15)2/h10-11,13-14,16H,3-9,12H2,1-2H3. The normalized spacial score (nSPS) is 18.6. The maximum Gasteiger partial charge on any atom is 0.167 e. The van der Waals surface area contributed by atoms with Crippen LogP contribution < -0.4 is 5.32 Å². The molecule has 1 aliphatic rings. The molecule has 1 heterocycles. The van der Waals surface area contributed by atoms with E-state index in [9.17, 15) is 0 Å². The Balaban J connectivity index is 1.87. The molecule has 0 radical (unpaired) electrons. The van der Waals surface area contributed by atoms with E-state index in [-0.39, 0.29) is 0 Å². The van der Waals surface area contributed by atoms with Crippen molar-refractivity contribution in [2.45, 2.75) is 56.6 Å². The Labute approximate surface area is 121 Å². The van der Waals surface area contributed by atoms with Crippen LogP contribution in [-0.4, -0.2) is 27.9 Å². The lowest BCUT2D eigenvalue weighted by Gasteiger charge is -2.30. The number of hydrogen-bond acceptors (Lipinski definition) is 3. The summed E-state index contributed by atoms with van der Waals surface area (Å²) < 4.78 is 2.11. The van der Waals surface area contributed by atoms with Gasteiger partial charge in [-0.1, -0.05) is 37.9 Å². The van der Waals surface area contributed by atoms with Crippen molar-refractivity contribution in [1.82, 2.24) is 14.9 Å². The van der Waals surface area contributed by atoms with E-state index in [0.29, 0.717) is 6.04 Å². The number of aryl methyl sites for hydroxylation is 1. The Hall–Kier alpha value is -0.480. The monoisotopic (exact) mass is 281 g/mol. The lowest BCUT2D eigenvalue weighted by Crippen LogP contribution is -2.39. The third-order valence-electron chi connectivity index (χ3n) is 4.04. The molecule has 0 bridgehead atoms. The number of nitrogens with one attached hydrogen (secondary N) is 1. The summed E-state index contributed by atoms with van der Waals surface area (Å²) >= 11 is 1.90. The van der Waals surface area contributed by atoms with Crippen molar-refractivity contribution in [1.29, 1.82) is 0 Å². The predicted octanol–water partition coefficient (Wildman–Crippen LogP) is 3.46. The first-order valence-electron chi connectivity index (χ1n) is 7.64. The third kappa shape index (κ3) is 4.53. The van der Waals surface area contributed by atoms with E-state index in [1.54, 1.807) is 0 Å². The van der Waals surface area contributed by atoms with Crippen molar-refractivity contribution >= 4 is 11.8 Å². The Morgan fingerprint density at radius 1 is 1.42 bits per heavy atom. The fraction of sp³-hybridized carbons (Fsp3) is 0.800. The van der Waals surface area contributed by atoms with Crippen molar-refractivity contribution in [2.24, 2.45) is 13.0 Å². The second-order valence-electron chi connectivity index (χ2n) is 5.59. The smallest absolute Gasteiger partial charge is 0.167 e. The van der Waals surface area contributed by atoms with Crippen LogP contribution in [0.3, 0.4) is 0 Å². The van der Waals surface area contributed by atoms with Gasteiger partial charge in [0.2, 0.25) is 0 Å². The molecule has 0 amide bonds. The minimum atomic E-state index is 0.655. The number of thioether (sulfide) groups is 1. The topological polar surface area (TPSA) is 29.9 Å². The zero-order chi connectivity index (χ0) is 13.5. The van der Waals surface area contributed by atoms with E-state index in [1.165, 1.54) is 38.5 Å². The molecule has 108 valence electrons. The van der Waals surface area contributed by atoms with Crippen LogP contribution in [0, 0.1) is 5.92 Å². The highest BCUT2D eigenvalue weighted by molar-refractivity contribution is 7.99. The van der Waals surface area contributed by atoms with Gasteiger partial charge in [0.25, 0.3) is 0 Å². The van der Waals surface area contributed by atoms with Crippen molar-refractivity contribution in [3.63, 3.8) is 0 Å². The molecule has 1 aliphatic carbocycles. The number of nitrogens with zero attached hydrogens (tertiary/aromatic N) is 2. The summed E-state index contributed by atoms with van der Waals surface area (Å²) in [4.78, 5) is 4.41. The van der Waals surface area contributed by atoms with Gasteiger partial charge >= 0.3 is 0 Å². The van der Waals surface area contributed by atoms with Gasteiger partial charge in [-0.25, -0.2) is 4.98 Å². The molecule has 4 heteroatoms. The van der Waals surface area contributed by atoms with Crippen LogP contribution in [0.15, 0.2) is 17.6 Å². The first-order chi connectivity index (χ1) is 9.31. The molecular formula is C15H27N3S. The van der Waals surface area contributed by atoms with Gasteiger partial charge in [-0.2, -0.15) is 0 Å². The number of hydrogen-bond donors (Lipinski definition) is 1. The Kier molecular flexibility index (Phi) is 6.24. The SMILES string of the molecule is CCCNC(CSc1nccn1C)C1CCCCC1. The van der Waals surface area contributed by atoms with Gasteiger partial charge in [0.15, 0.2) is 5.16 Å². The van der Waals surface area contributed by atoms with Gasteiger partial charge in [-0.05, 0) is 31.7 Å². The summed E-state index contributed by atoms with van der Waals surface area (Å²) in [6.45, 7) is 3.39. The van der Waals surface area contributed by atoms with E-state index < -0.39 is 0 Å². The lowest BCUT2D eigenvalue weighted by atomic mass is 9.84. The lowest BCUT2D eigenvalue weighted by molar-refractivity contribution is 0.285. The molecular weight excluding hydrogens is 254 g/mol. The highest BCUT2D eigenvalue weighted by Gasteiger charge is 2.23. The van der Waals surface area contributed by atoms with Gasteiger partial charge in [0.1, 0.15) is 0 Å². The molecule has 1 aromatic heterocycles. The molecule has 0 spiro atoms. The van der Waals surface area contributed by atoms with E-state index in [2.05, 4.69) is 28.8 Å². The van der Waals surface area contributed by atoms with Crippen molar-refractivity contribution in [3.05, 3.63) is 12.4 Å². The van der Waals surface area contributed by atoms with Crippen LogP contribution in [0.4, 0.5) is 0 Å². The summed E-state index contributed by atoms with van der Waals surface area (Å²) in [5.41, 5.74) is 0. The maximum atomic E-state index is 4.41. The van der Waals surface area contributed by atoms with E-state index in [1.807, 2.05) is 24.2 Å². The molecule has 19 heavy (non-hydrogen) atoms. The molecule has 0 aromatic carbocycles. The van der Waals surface area contributed by atoms with Crippen LogP contribution in [0.5, 0.6) is 0 Å². The van der Waals surface area contributed by atoms with Crippen molar-refractivity contribution in [3.8, 4) is 0 Å². The molecule has 2 rings (SSSR count). The van der Waals surface area contributed by atoms with Crippen LogP contribution in [-0.2, 0) is 7.05 Å². The van der Waals surface area contributed by atoms with E-state index in [4.69, 9.17) is 0 Å². The van der Waals surface area contributed by atoms with Gasteiger partial charge in [-0.3, -0.25) is 0 Å². The molecule has 1 aromatic rings. The minimum Gasteiger partial charge on any atom is -0.329 e. The summed E-state index contributed by atoms with van der Waals surface area (Å²) in [6, 6.07) is 0.655. The number of rotatable bonds is 7. The molecule has 0 saturated heterocycles. The highest BCUT2D eigenvalue weighted by Crippen LogP contribution is 2.29. The predicted molar refractivity (Wildman–Crippen MR) is 82.6 cm³/mol. The first kappa shape index (κ1) is 14.9. The zero-order valence-electron chi connectivity index (χ0n) is 12.3. The zero-order valence-corrected chi connectivity index (χ0v) is 13.1. The van der Waals surface area contributed by atoms with Gasteiger partial charge in [-0.15, -0.1) is 0 Å². The Morgan fingerprint density at radius 2 is 2.21 bits per heavy atom. The fourth-order valence-corrected chi connectivity index (χ4v) is 4.00. The van der Waals surface area contributed by atoms with Crippen molar-refractivity contribution in [2.75, 3.05) is 12.3 Å². The maximum absolute atomic E-state index is 4.41. The quantitative estimate of drug-likeness (QED) is 0.776. The van der Waals surface area contributed by atoms with Crippen molar-refractivity contribution < 1.29 is 0 Å². The molecule has 1 fully saturated rings. The molecule has 1 atom stereocenters. The van der Waals surface area contributed by atoms with E-state index in [0.717, 1.165) is 23.4 Å². The second kappa shape index (κ2) is 7.95. The summed E-state index contributed by atoms with van der Waals surface area (Å²) in [5, 5.41) is 4.90. The van der Waals surface area contributed by atoms with Crippen LogP contribution >= 0.6 is 11.8 Å². The summed E-state index contributed by atoms with van der Waals surface area (Å²) in [5.74, 6) is 2.02. The first-order valence-corrected chi connectivity index (χ1v) is 8.63. The van der Waals surface area contributed by atoms with Crippen LogP contribution in [0.2, 0.25) is 0 Å². The molecule has 1 N–H and O–H groups in total. The molecule has 1 unspecified atom stereocenters. The molecule has 0 aliphatic heterocycles. The van der Waals surface area contributed by atoms with Gasteiger partial charge in [0, 0.05) is 31.2 Å². The van der Waals surface area contributed by atoms with Gasteiger partial charge < -0.3 is 9.88 Å². The summed E-state index contributed by atoms with van der Waals surface area (Å²) in [7, 11) is 2.07. The average molecular weight is 281 g/mol. The Morgan fingerprint density at radius 3 is 2.84 bits per heavy atom. The average Bonchev–Trinajstić information content (AvgIpc) is 2.85. The Bertz CT molecular complexity index is 358. The van der Waals surface area contributed by atoms with Crippen LogP contribution in [0.25, 0.3) is 0 Å². The largest absolute Gasteiger partial charge is 0.329 e. The third-order valence-corrected chi connectivity index (χ3v) is 5.22. The van der Waals surface area contributed by atoms with Crippen LogP contribution in [0.1, 0.15) is 45.4 Å². The summed E-state index contributed by atoms with van der Waals surface area (Å²) in [6.07, 6.45) is 12.2. The number of imidazole rings is 1. The minimum absolute atomic E-state index is 0.655. The number of aromatic nitrogens is 2. The highest BCUT2D eigenvalue weighted by atomic mass is 32.2. The fourth-order valence-electron chi connectivity index (χ4n) is 2.88. The molecule has 1 saturated carbocycles. The second-order valence-corrected chi connectivity index (χ2v) is 6.58. The van der Waals surface area contributed by atoms with E-state index >= 15 is 0 Å².